The number of hydrogen-bond acceptors (Lipinski definition) is 3. The summed E-state index contributed by atoms with van der Waals surface area (Å²) in [5.41, 5.74) is 3.02. The van der Waals surface area contributed by atoms with E-state index < -0.39 is 0 Å². The highest BCUT2D eigenvalue weighted by atomic mass is 32.2. The van der Waals surface area contributed by atoms with Gasteiger partial charge in [-0.3, -0.25) is 14.9 Å². The number of nitrogens with one attached hydrogen (secondary N) is 1. The van der Waals surface area contributed by atoms with Gasteiger partial charge in [-0.15, -0.1) is 11.8 Å². The average molecular weight is 283 g/mol. The lowest BCUT2D eigenvalue weighted by Crippen LogP contribution is -2.20. The fourth-order valence-electron chi connectivity index (χ4n) is 2.40. The molecular weight excluding hydrogens is 270 g/mol. The minimum absolute atomic E-state index is 0.290. The summed E-state index contributed by atoms with van der Waals surface area (Å²) in [5, 5.41) is 2.35. The molecule has 0 aliphatic carbocycles. The van der Waals surface area contributed by atoms with Crippen molar-refractivity contribution in [2.75, 3.05) is 6.26 Å². The van der Waals surface area contributed by atoms with E-state index in [9.17, 15) is 9.59 Å². The van der Waals surface area contributed by atoms with Crippen LogP contribution in [0.3, 0.4) is 0 Å². The van der Waals surface area contributed by atoms with Gasteiger partial charge in [0.2, 0.25) is 0 Å². The van der Waals surface area contributed by atoms with Crippen LogP contribution in [-0.4, -0.2) is 18.1 Å². The molecule has 1 aliphatic heterocycles. The molecule has 0 atom stereocenters. The minimum Gasteiger partial charge on any atom is -0.288 e. The molecule has 20 heavy (non-hydrogen) atoms. The highest BCUT2D eigenvalue weighted by Gasteiger charge is 2.28. The molecule has 0 radical (unpaired) electrons. The third-order valence-electron chi connectivity index (χ3n) is 3.40. The van der Waals surface area contributed by atoms with Crippen LogP contribution in [0.2, 0.25) is 0 Å². The first kappa shape index (κ1) is 12.9. The van der Waals surface area contributed by atoms with Gasteiger partial charge in [-0.25, -0.2) is 0 Å². The average Bonchev–Trinajstić information content (AvgIpc) is 2.76. The van der Waals surface area contributed by atoms with Gasteiger partial charge < -0.3 is 0 Å². The Kier molecular flexibility index (Phi) is 3.32. The zero-order valence-corrected chi connectivity index (χ0v) is 11.8. The molecule has 3 rings (SSSR count). The van der Waals surface area contributed by atoms with Gasteiger partial charge in [-0.1, -0.05) is 24.3 Å². The van der Waals surface area contributed by atoms with E-state index in [1.165, 1.54) is 4.90 Å². The fraction of sp³-hybridized carbons (Fsp3) is 0.125. The van der Waals surface area contributed by atoms with Crippen molar-refractivity contribution >= 4 is 23.6 Å². The summed E-state index contributed by atoms with van der Waals surface area (Å²) in [6, 6.07) is 13.7. The number of carbonyl (C=O) groups is 2. The molecule has 0 saturated heterocycles. The molecule has 1 aliphatic rings. The standard InChI is InChI=1S/C16H13NO2S/c1-20-12-7-5-10(6-8-12)9-11-3-2-4-13-14(11)16(19)17-15(13)18/h2-8H,9H2,1H3,(H,17,18,19). The number of hydrogen-bond donors (Lipinski definition) is 1. The summed E-state index contributed by atoms with van der Waals surface area (Å²) in [7, 11) is 0. The van der Waals surface area contributed by atoms with Gasteiger partial charge in [0.15, 0.2) is 0 Å². The first-order chi connectivity index (χ1) is 9.69. The molecule has 1 heterocycles. The number of fused-ring (bicyclic) bond motifs is 1. The molecule has 0 fully saturated rings. The van der Waals surface area contributed by atoms with Gasteiger partial charge in [0, 0.05) is 4.90 Å². The van der Waals surface area contributed by atoms with Gasteiger partial charge in [-0.2, -0.15) is 0 Å². The molecule has 4 heteroatoms. The van der Waals surface area contributed by atoms with E-state index in [1.54, 1.807) is 17.8 Å². The summed E-state index contributed by atoms with van der Waals surface area (Å²) in [6.07, 6.45) is 2.69. The number of rotatable bonds is 3. The quantitative estimate of drug-likeness (QED) is 0.696. The van der Waals surface area contributed by atoms with Crippen molar-refractivity contribution < 1.29 is 9.59 Å². The summed E-state index contributed by atoms with van der Waals surface area (Å²) >= 11 is 1.70. The predicted octanol–water partition coefficient (Wildman–Crippen LogP) is 2.88. The summed E-state index contributed by atoms with van der Waals surface area (Å²) in [5.74, 6) is -0.592. The lowest BCUT2D eigenvalue weighted by Gasteiger charge is -2.06. The molecule has 2 aromatic carbocycles. The predicted molar refractivity (Wildman–Crippen MR) is 79.3 cm³/mol. The summed E-state index contributed by atoms with van der Waals surface area (Å²) < 4.78 is 0. The first-order valence-electron chi connectivity index (χ1n) is 6.29. The molecule has 0 bridgehead atoms. The van der Waals surface area contributed by atoms with Crippen LogP contribution in [0.4, 0.5) is 0 Å². The topological polar surface area (TPSA) is 46.2 Å². The van der Waals surface area contributed by atoms with Gasteiger partial charge in [0.05, 0.1) is 11.1 Å². The Balaban J connectivity index is 1.95. The second-order valence-electron chi connectivity index (χ2n) is 4.65. The number of amides is 2. The maximum Gasteiger partial charge on any atom is 0.259 e. The Labute approximate surface area is 121 Å². The molecule has 3 nitrogen and oxygen atoms in total. The van der Waals surface area contributed by atoms with Gasteiger partial charge >= 0.3 is 0 Å². The first-order valence-corrected chi connectivity index (χ1v) is 7.52. The summed E-state index contributed by atoms with van der Waals surface area (Å²) in [6.45, 7) is 0. The molecule has 100 valence electrons. The van der Waals surface area contributed by atoms with Gasteiger partial charge in [-0.05, 0) is 42.0 Å². The van der Waals surface area contributed by atoms with Crippen LogP contribution in [0.25, 0.3) is 0 Å². The van der Waals surface area contributed by atoms with Gasteiger partial charge in [0.1, 0.15) is 0 Å². The molecule has 0 saturated carbocycles. The van der Waals surface area contributed by atoms with Crippen molar-refractivity contribution in [3.8, 4) is 0 Å². The minimum atomic E-state index is -0.301. The SMILES string of the molecule is CSc1ccc(Cc2cccc3c2C(=O)NC3=O)cc1. The highest BCUT2D eigenvalue weighted by molar-refractivity contribution is 7.98. The van der Waals surface area contributed by atoms with E-state index >= 15 is 0 Å². The van der Waals surface area contributed by atoms with Crippen molar-refractivity contribution in [3.63, 3.8) is 0 Å². The Morgan fingerprint density at radius 3 is 2.45 bits per heavy atom. The van der Waals surface area contributed by atoms with Crippen LogP contribution in [0.5, 0.6) is 0 Å². The van der Waals surface area contributed by atoms with Crippen molar-refractivity contribution in [1.29, 1.82) is 0 Å². The highest BCUT2D eigenvalue weighted by Crippen LogP contribution is 2.23. The molecule has 1 N–H and O–H groups in total. The molecule has 2 aromatic rings. The van der Waals surface area contributed by atoms with E-state index in [-0.39, 0.29) is 11.8 Å². The molecule has 2 amide bonds. The molecule has 0 unspecified atom stereocenters. The van der Waals surface area contributed by atoms with Crippen molar-refractivity contribution in [2.45, 2.75) is 11.3 Å². The van der Waals surface area contributed by atoms with Crippen molar-refractivity contribution in [3.05, 3.63) is 64.7 Å². The van der Waals surface area contributed by atoms with E-state index in [0.717, 1.165) is 11.1 Å². The van der Waals surface area contributed by atoms with E-state index in [4.69, 9.17) is 0 Å². The normalized spacial score (nSPS) is 13.2. The summed E-state index contributed by atoms with van der Waals surface area (Å²) in [4.78, 5) is 24.7. The zero-order valence-electron chi connectivity index (χ0n) is 11.0. The molecule has 0 aromatic heterocycles. The van der Waals surface area contributed by atoms with Crippen molar-refractivity contribution in [2.24, 2.45) is 0 Å². The van der Waals surface area contributed by atoms with Crippen LogP contribution in [-0.2, 0) is 6.42 Å². The number of imide groups is 1. The van der Waals surface area contributed by atoms with Crippen LogP contribution < -0.4 is 5.32 Å². The van der Waals surface area contributed by atoms with E-state index in [0.29, 0.717) is 17.5 Å². The van der Waals surface area contributed by atoms with Crippen LogP contribution in [0.15, 0.2) is 47.4 Å². The maximum absolute atomic E-state index is 11.9. The third-order valence-corrected chi connectivity index (χ3v) is 4.15. The Hall–Kier alpha value is -2.07. The van der Waals surface area contributed by atoms with Crippen LogP contribution >= 0.6 is 11.8 Å². The lowest BCUT2D eigenvalue weighted by molar-refractivity contribution is 0.0879. The Morgan fingerprint density at radius 1 is 1.00 bits per heavy atom. The lowest BCUT2D eigenvalue weighted by atomic mass is 9.97. The molecular formula is C16H13NO2S. The molecule has 0 spiro atoms. The van der Waals surface area contributed by atoms with E-state index in [1.807, 2.05) is 18.4 Å². The fourth-order valence-corrected chi connectivity index (χ4v) is 2.81. The van der Waals surface area contributed by atoms with Crippen LogP contribution in [0, 0.1) is 0 Å². The number of thioether (sulfide) groups is 1. The van der Waals surface area contributed by atoms with E-state index in [2.05, 4.69) is 29.6 Å². The monoisotopic (exact) mass is 283 g/mol. The third kappa shape index (κ3) is 2.23. The Bertz CT molecular complexity index is 692. The number of carbonyl (C=O) groups excluding carboxylic acids is 2. The smallest absolute Gasteiger partial charge is 0.259 e. The van der Waals surface area contributed by atoms with Crippen molar-refractivity contribution in [1.82, 2.24) is 5.32 Å². The Morgan fingerprint density at radius 2 is 1.75 bits per heavy atom. The van der Waals surface area contributed by atoms with Crippen LogP contribution in [0.1, 0.15) is 31.8 Å². The maximum atomic E-state index is 11.9. The zero-order chi connectivity index (χ0) is 14.1. The second kappa shape index (κ2) is 5.13. The van der Waals surface area contributed by atoms with Gasteiger partial charge in [0.25, 0.3) is 11.8 Å². The second-order valence-corrected chi connectivity index (χ2v) is 5.53. The number of benzene rings is 2. The largest absolute Gasteiger partial charge is 0.288 e.